The van der Waals surface area contributed by atoms with Crippen LogP contribution in [0.25, 0.3) is 0 Å². The zero-order chi connectivity index (χ0) is 47.4. The number of anilines is 2. The molecule has 1 aromatic carbocycles. The lowest BCUT2D eigenvalue weighted by Gasteiger charge is -2.38. The van der Waals surface area contributed by atoms with Gasteiger partial charge in [0.2, 0.25) is 17.7 Å². The first-order valence-corrected chi connectivity index (χ1v) is 24.6. The molecule has 3 aromatic heterocycles. The van der Waals surface area contributed by atoms with E-state index in [0.717, 1.165) is 36.4 Å². The van der Waals surface area contributed by atoms with E-state index in [2.05, 4.69) is 37.3 Å². The Labute approximate surface area is 401 Å². The molecule has 20 heteroatoms. The second-order valence-electron chi connectivity index (χ2n) is 19.0. The summed E-state index contributed by atoms with van der Waals surface area (Å²) < 4.78 is 8.05. The van der Waals surface area contributed by atoms with Gasteiger partial charge in [0.15, 0.2) is 5.82 Å². The minimum atomic E-state index is -0.831. The molecule has 4 aliphatic rings. The minimum Gasteiger partial charge on any atom is -0.490 e. The predicted octanol–water partition coefficient (Wildman–Crippen LogP) is 4.15. The molecule has 7 heterocycles. The first kappa shape index (κ1) is 48.4. The number of carbonyl (C=O) groups is 3. The maximum absolute atomic E-state index is 13.8. The molecule has 18 nitrogen and oxygen atoms in total. The van der Waals surface area contributed by atoms with Crippen molar-refractivity contribution in [2.75, 3.05) is 55.6 Å². The maximum Gasteiger partial charge on any atom is 0.248 e. The lowest BCUT2D eigenvalue weighted by Crippen LogP contribution is -2.49. The van der Waals surface area contributed by atoms with Gasteiger partial charge in [-0.15, -0.1) is 5.10 Å². The molecule has 5 N–H and O–H groups in total. The molecule has 0 radical (unpaired) electrons. The summed E-state index contributed by atoms with van der Waals surface area (Å²) in [6.07, 6.45) is 8.77. The van der Waals surface area contributed by atoms with Crippen molar-refractivity contribution in [1.29, 1.82) is 0 Å². The van der Waals surface area contributed by atoms with E-state index in [4.69, 9.17) is 32.0 Å². The Bertz CT molecular complexity index is 2380. The molecule has 3 atom stereocenters. The first-order chi connectivity index (χ1) is 32.2. The van der Waals surface area contributed by atoms with E-state index < -0.39 is 18.2 Å². The lowest BCUT2D eigenvalue weighted by molar-refractivity contribution is -0.142. The molecule has 4 fully saturated rings. The highest BCUT2D eigenvalue weighted by atomic mass is 35.5. The van der Waals surface area contributed by atoms with E-state index in [1.807, 2.05) is 49.1 Å². The Morgan fingerprint density at radius 1 is 1.00 bits per heavy atom. The van der Waals surface area contributed by atoms with Crippen LogP contribution in [-0.4, -0.2) is 137 Å². The lowest BCUT2D eigenvalue weighted by atomic mass is 9.91. The average molecular weight is 960 g/mol. The van der Waals surface area contributed by atoms with Crippen molar-refractivity contribution >= 4 is 52.7 Å². The number of aliphatic hydroxyl groups excluding tert-OH is 2. The van der Waals surface area contributed by atoms with Crippen molar-refractivity contribution in [3.05, 3.63) is 70.9 Å². The monoisotopic (exact) mass is 958 g/mol. The zero-order valence-electron chi connectivity index (χ0n) is 38.8. The molecule has 4 aliphatic heterocycles. The number of carbonyl (C=O) groups excluding carboxylic acids is 3. The van der Waals surface area contributed by atoms with Crippen molar-refractivity contribution in [3.63, 3.8) is 0 Å². The number of rotatable bonds is 14. The Balaban J connectivity index is 0.805. The Kier molecular flexibility index (Phi) is 15.2. The van der Waals surface area contributed by atoms with E-state index in [9.17, 15) is 24.6 Å². The van der Waals surface area contributed by atoms with Gasteiger partial charge >= 0.3 is 0 Å². The van der Waals surface area contributed by atoms with Crippen LogP contribution in [0.5, 0.6) is 5.75 Å². The van der Waals surface area contributed by atoms with Crippen LogP contribution < -0.4 is 25.6 Å². The fraction of sp³-hybridized carbons (Fsp3) is 0.574. The van der Waals surface area contributed by atoms with Crippen LogP contribution in [-0.2, 0) is 27.5 Å². The summed E-state index contributed by atoms with van der Waals surface area (Å²) in [5.74, 6) is 1.32. The number of halogens is 1. The third-order valence-corrected chi connectivity index (χ3v) is 14.9. The van der Waals surface area contributed by atoms with Crippen LogP contribution in [0.3, 0.4) is 0 Å². The Morgan fingerprint density at radius 2 is 1.72 bits per heavy atom. The summed E-state index contributed by atoms with van der Waals surface area (Å²) in [4.78, 5) is 63.9. The van der Waals surface area contributed by atoms with Crippen LogP contribution >= 0.6 is 23.4 Å². The van der Waals surface area contributed by atoms with Crippen molar-refractivity contribution in [3.8, 4) is 5.75 Å². The van der Waals surface area contributed by atoms with Crippen LogP contribution in [0.1, 0.15) is 88.7 Å². The number of nitrogens with one attached hydrogen (secondary N) is 1. The number of ether oxygens (including phenoxy) is 1. The number of benzene rings is 1. The third kappa shape index (κ3) is 11.3. The van der Waals surface area contributed by atoms with Gasteiger partial charge in [0, 0.05) is 106 Å². The van der Waals surface area contributed by atoms with Crippen molar-refractivity contribution < 1.29 is 29.3 Å². The molecule has 0 spiro atoms. The number of pyridine rings is 1. The third-order valence-electron chi connectivity index (χ3n) is 13.5. The van der Waals surface area contributed by atoms with Crippen LogP contribution in [0.15, 0.2) is 58.8 Å². The highest BCUT2D eigenvalue weighted by Gasteiger charge is 2.43. The van der Waals surface area contributed by atoms with Gasteiger partial charge in [-0.25, -0.2) is 19.6 Å². The van der Waals surface area contributed by atoms with E-state index in [0.29, 0.717) is 90.7 Å². The minimum absolute atomic E-state index is 0.0610. The van der Waals surface area contributed by atoms with Crippen LogP contribution in [0.4, 0.5) is 11.6 Å². The normalized spacial score (nSPS) is 20.9. The van der Waals surface area contributed by atoms with E-state index in [-0.39, 0.29) is 67.3 Å². The molecule has 4 saturated heterocycles. The molecule has 3 amide bonds. The number of β-amino-alcohol motifs (C(OH)–C–C–N with tert-alkyl or cyclic N) is 1. The number of aromatic nitrogens is 6. The van der Waals surface area contributed by atoms with Gasteiger partial charge in [-0.05, 0) is 57.6 Å². The summed E-state index contributed by atoms with van der Waals surface area (Å²) in [7, 11) is 0. The van der Waals surface area contributed by atoms with E-state index in [1.54, 1.807) is 25.5 Å². The molecule has 360 valence electrons. The summed E-state index contributed by atoms with van der Waals surface area (Å²) in [6.45, 7) is 11.7. The maximum atomic E-state index is 13.8. The first-order valence-electron chi connectivity index (χ1n) is 23.4. The summed E-state index contributed by atoms with van der Waals surface area (Å²) >= 11 is 8.37. The number of hydrogen-bond acceptors (Lipinski definition) is 15. The highest BCUT2D eigenvalue weighted by molar-refractivity contribution is 7.99. The van der Waals surface area contributed by atoms with Crippen molar-refractivity contribution in [2.24, 2.45) is 17.6 Å². The Morgan fingerprint density at radius 3 is 2.40 bits per heavy atom. The Hall–Kier alpha value is -5.08. The topological polar surface area (TPSA) is 221 Å². The smallest absolute Gasteiger partial charge is 0.248 e. The molecular weight excluding hydrogens is 896 g/mol. The number of aliphatic hydroxyl groups is 2. The summed E-state index contributed by atoms with van der Waals surface area (Å²) in [5.41, 5.74) is 8.13. The van der Waals surface area contributed by atoms with Gasteiger partial charge in [-0.3, -0.25) is 14.4 Å². The molecule has 8 rings (SSSR count). The second-order valence-corrected chi connectivity index (χ2v) is 20.4. The molecule has 0 saturated carbocycles. The number of para-hydroxylation sites is 1. The predicted molar refractivity (Wildman–Crippen MR) is 254 cm³/mol. The van der Waals surface area contributed by atoms with Crippen LogP contribution in [0.2, 0.25) is 5.02 Å². The number of nitrogens with zero attached hydrogens (tertiary/aromatic N) is 10. The molecule has 67 heavy (non-hydrogen) atoms. The van der Waals surface area contributed by atoms with Gasteiger partial charge in [0.05, 0.1) is 29.6 Å². The van der Waals surface area contributed by atoms with Gasteiger partial charge in [-0.2, -0.15) is 0 Å². The number of hydrogen-bond donors (Lipinski definition) is 4. The number of amides is 3. The summed E-state index contributed by atoms with van der Waals surface area (Å²) in [6, 6.07) is 7.93. The van der Waals surface area contributed by atoms with Crippen molar-refractivity contribution in [1.82, 2.24) is 45.1 Å². The highest BCUT2D eigenvalue weighted by Crippen LogP contribution is 2.39. The molecular formula is C47H63ClN12O6S. The zero-order valence-corrected chi connectivity index (χ0v) is 40.3. The molecule has 0 unspecified atom stereocenters. The van der Waals surface area contributed by atoms with E-state index in [1.165, 1.54) is 21.3 Å². The van der Waals surface area contributed by atoms with E-state index >= 15 is 0 Å². The van der Waals surface area contributed by atoms with Gasteiger partial charge in [-0.1, -0.05) is 60.6 Å². The molecule has 4 aromatic rings. The fourth-order valence-corrected chi connectivity index (χ4v) is 10.7. The number of nitrogens with two attached hydrogens (primary N) is 1. The average Bonchev–Trinajstić information content (AvgIpc) is 3.94. The largest absolute Gasteiger partial charge is 0.490 e. The molecule has 0 aliphatic carbocycles. The summed E-state index contributed by atoms with van der Waals surface area (Å²) in [5, 5.41) is 33.1. The molecule has 0 bridgehead atoms. The van der Waals surface area contributed by atoms with Crippen LogP contribution in [0, 0.1) is 18.8 Å². The number of aryl methyl sites for hydroxylation is 1. The second kappa shape index (κ2) is 21.1. The van der Waals surface area contributed by atoms with Gasteiger partial charge < -0.3 is 45.6 Å². The van der Waals surface area contributed by atoms with Gasteiger partial charge in [0.25, 0.3) is 0 Å². The number of likely N-dealkylation sites (tertiary alicyclic amines) is 2. The van der Waals surface area contributed by atoms with Gasteiger partial charge in [0.1, 0.15) is 40.5 Å². The number of piperidine rings is 3. The standard InChI is InChI=1S/C47H63ClN12O6S/c1-29(2)41(60-26-30(3)54-55-60)46(65)59-27-33(62)23-36(59)44(63)52-24-32-7-5-6-8-37(32)66-34-12-19-58(20-13-34)45(64)31-10-17-56(18-11-31)43-40(48)38(9-16-50-43)67-39-25-51-42(35(28-61)53-39)57-21-14-47(4,49)15-22-57/h5-9,16,25-26,29,31,33-34,36,41,61-62H,10-15,17-24,27-28,49H2,1-4H3,(H,52,63)/t33-,36+,41+/m1/s1. The fourth-order valence-electron chi connectivity index (χ4n) is 9.59. The van der Waals surface area contributed by atoms with Crippen molar-refractivity contribution in [2.45, 2.75) is 126 Å². The SMILES string of the molecule is Cc1cn([C@H](C(=O)N2C[C@H](O)C[C@H]2C(=O)NCc2ccccc2OC2CCN(C(=O)C3CCN(c4nccc(Sc5cnc(N6CCC(C)(N)CC6)c(CO)n5)c4Cl)CC3)CC2)C(C)C)nn1. The quantitative estimate of drug-likeness (QED) is 0.140.